The molecule has 0 fully saturated rings. The minimum atomic E-state index is 0.290. The molecule has 0 saturated carbocycles. The molecular weight excluding hydrogens is 236 g/mol. The Hall–Kier alpha value is -1.87. The summed E-state index contributed by atoms with van der Waals surface area (Å²) < 4.78 is 5.62. The van der Waals surface area contributed by atoms with Crippen LogP contribution in [0.25, 0.3) is 0 Å². The highest BCUT2D eigenvalue weighted by Gasteiger charge is 2.06. The fourth-order valence-corrected chi connectivity index (χ4v) is 1.98. The predicted octanol–water partition coefficient (Wildman–Crippen LogP) is 3.33. The zero-order valence-corrected chi connectivity index (χ0v) is 11.5. The lowest BCUT2D eigenvalue weighted by atomic mass is 10.1. The quantitative estimate of drug-likeness (QED) is 0.860. The molecule has 3 nitrogen and oxygen atoms in total. The molecule has 1 aromatic heterocycles. The van der Waals surface area contributed by atoms with Gasteiger partial charge in [0.05, 0.1) is 6.61 Å². The van der Waals surface area contributed by atoms with Crippen LogP contribution >= 0.6 is 0 Å². The van der Waals surface area contributed by atoms with Crippen LogP contribution in [0.1, 0.15) is 31.0 Å². The first-order valence-electron chi connectivity index (χ1n) is 6.65. The molecule has 0 radical (unpaired) electrons. The van der Waals surface area contributed by atoms with E-state index in [4.69, 9.17) is 4.74 Å². The molecule has 1 atom stereocenters. The van der Waals surface area contributed by atoms with E-state index in [2.05, 4.69) is 23.3 Å². The lowest BCUT2D eigenvalue weighted by molar-refractivity contribution is 0.335. The number of benzene rings is 1. The SMILES string of the molecule is CCOc1ccccc1CN[C@H](C)c1ccncc1. The summed E-state index contributed by atoms with van der Waals surface area (Å²) in [7, 11) is 0. The van der Waals surface area contributed by atoms with E-state index in [0.29, 0.717) is 6.61 Å². The number of rotatable bonds is 6. The van der Waals surface area contributed by atoms with Crippen LogP contribution in [0.3, 0.4) is 0 Å². The van der Waals surface area contributed by atoms with E-state index < -0.39 is 0 Å². The second-order valence-corrected chi connectivity index (χ2v) is 4.42. The molecular formula is C16H20N2O. The van der Waals surface area contributed by atoms with Crippen molar-refractivity contribution in [1.29, 1.82) is 0 Å². The van der Waals surface area contributed by atoms with Gasteiger partial charge < -0.3 is 10.1 Å². The molecule has 0 saturated heterocycles. The van der Waals surface area contributed by atoms with Gasteiger partial charge >= 0.3 is 0 Å². The summed E-state index contributed by atoms with van der Waals surface area (Å²) in [6, 6.07) is 12.5. The maximum atomic E-state index is 5.62. The van der Waals surface area contributed by atoms with Crippen molar-refractivity contribution in [1.82, 2.24) is 10.3 Å². The van der Waals surface area contributed by atoms with E-state index in [1.807, 2.05) is 49.6 Å². The van der Waals surface area contributed by atoms with E-state index in [1.165, 1.54) is 11.1 Å². The molecule has 2 aromatic rings. The Labute approximate surface area is 114 Å². The molecule has 0 spiro atoms. The minimum Gasteiger partial charge on any atom is -0.494 e. The van der Waals surface area contributed by atoms with Gasteiger partial charge in [0.15, 0.2) is 0 Å². The van der Waals surface area contributed by atoms with Crippen LogP contribution in [-0.2, 0) is 6.54 Å². The fraction of sp³-hybridized carbons (Fsp3) is 0.312. The monoisotopic (exact) mass is 256 g/mol. The molecule has 100 valence electrons. The molecule has 19 heavy (non-hydrogen) atoms. The maximum Gasteiger partial charge on any atom is 0.123 e. The molecule has 0 aliphatic rings. The van der Waals surface area contributed by atoms with E-state index >= 15 is 0 Å². The lowest BCUT2D eigenvalue weighted by Gasteiger charge is -2.16. The predicted molar refractivity (Wildman–Crippen MR) is 77.1 cm³/mol. The second kappa shape index (κ2) is 6.90. The van der Waals surface area contributed by atoms with Crippen molar-refractivity contribution in [3.8, 4) is 5.75 Å². The Morgan fingerprint density at radius 1 is 1.16 bits per heavy atom. The van der Waals surface area contributed by atoms with Crippen molar-refractivity contribution in [3.05, 3.63) is 59.9 Å². The molecule has 0 bridgehead atoms. The Bertz CT molecular complexity index is 499. The van der Waals surface area contributed by atoms with Gasteiger partial charge in [-0.15, -0.1) is 0 Å². The van der Waals surface area contributed by atoms with Gasteiger partial charge in [-0.05, 0) is 37.6 Å². The molecule has 0 amide bonds. The zero-order chi connectivity index (χ0) is 13.5. The summed E-state index contributed by atoms with van der Waals surface area (Å²) in [6.45, 7) is 5.64. The topological polar surface area (TPSA) is 34.1 Å². The number of nitrogens with one attached hydrogen (secondary N) is 1. The number of pyridine rings is 1. The van der Waals surface area contributed by atoms with Crippen LogP contribution in [0.15, 0.2) is 48.8 Å². The van der Waals surface area contributed by atoms with Gasteiger partial charge in [-0.1, -0.05) is 18.2 Å². The van der Waals surface area contributed by atoms with Gasteiger partial charge in [0.2, 0.25) is 0 Å². The van der Waals surface area contributed by atoms with Crippen molar-refractivity contribution in [2.24, 2.45) is 0 Å². The van der Waals surface area contributed by atoms with Crippen molar-refractivity contribution < 1.29 is 4.74 Å². The first-order chi connectivity index (χ1) is 9.31. The highest BCUT2D eigenvalue weighted by molar-refractivity contribution is 5.33. The van der Waals surface area contributed by atoms with Crippen molar-refractivity contribution in [2.75, 3.05) is 6.61 Å². The summed E-state index contributed by atoms with van der Waals surface area (Å²) >= 11 is 0. The molecule has 1 heterocycles. The number of para-hydroxylation sites is 1. The zero-order valence-electron chi connectivity index (χ0n) is 11.5. The third kappa shape index (κ3) is 3.80. The largest absolute Gasteiger partial charge is 0.494 e. The molecule has 2 rings (SSSR count). The van der Waals surface area contributed by atoms with Gasteiger partial charge in [-0.3, -0.25) is 4.98 Å². The summed E-state index contributed by atoms with van der Waals surface area (Å²) in [6.07, 6.45) is 3.64. The normalized spacial score (nSPS) is 12.1. The Morgan fingerprint density at radius 3 is 2.63 bits per heavy atom. The summed E-state index contributed by atoms with van der Waals surface area (Å²) in [5.74, 6) is 0.958. The van der Waals surface area contributed by atoms with Crippen LogP contribution in [0.5, 0.6) is 5.75 Å². The van der Waals surface area contributed by atoms with Gasteiger partial charge in [0, 0.05) is 30.5 Å². The average molecular weight is 256 g/mol. The van der Waals surface area contributed by atoms with Crippen LogP contribution in [-0.4, -0.2) is 11.6 Å². The summed E-state index contributed by atoms with van der Waals surface area (Å²) in [5.41, 5.74) is 2.43. The second-order valence-electron chi connectivity index (χ2n) is 4.42. The highest BCUT2D eigenvalue weighted by Crippen LogP contribution is 2.19. The van der Waals surface area contributed by atoms with E-state index in [9.17, 15) is 0 Å². The first-order valence-corrected chi connectivity index (χ1v) is 6.65. The highest BCUT2D eigenvalue weighted by atomic mass is 16.5. The van der Waals surface area contributed by atoms with Gasteiger partial charge in [0.25, 0.3) is 0 Å². The van der Waals surface area contributed by atoms with Crippen molar-refractivity contribution in [3.63, 3.8) is 0 Å². The van der Waals surface area contributed by atoms with Crippen molar-refractivity contribution in [2.45, 2.75) is 26.4 Å². The molecule has 0 unspecified atom stereocenters. The standard InChI is InChI=1S/C16H20N2O/c1-3-19-16-7-5-4-6-15(16)12-18-13(2)14-8-10-17-11-9-14/h4-11,13,18H,3,12H2,1-2H3/t13-/m1/s1. The summed E-state index contributed by atoms with van der Waals surface area (Å²) in [4.78, 5) is 4.04. The number of hydrogen-bond acceptors (Lipinski definition) is 3. The van der Waals surface area contributed by atoms with Crippen LogP contribution < -0.4 is 10.1 Å². The number of hydrogen-bond donors (Lipinski definition) is 1. The average Bonchev–Trinajstić information content (AvgIpc) is 2.47. The third-order valence-electron chi connectivity index (χ3n) is 3.08. The number of nitrogens with zero attached hydrogens (tertiary/aromatic N) is 1. The van der Waals surface area contributed by atoms with Gasteiger partial charge in [-0.2, -0.15) is 0 Å². The van der Waals surface area contributed by atoms with Crippen LogP contribution in [0, 0.1) is 0 Å². The van der Waals surface area contributed by atoms with Gasteiger partial charge in [-0.25, -0.2) is 0 Å². The van der Waals surface area contributed by atoms with E-state index in [0.717, 1.165) is 12.3 Å². The van der Waals surface area contributed by atoms with E-state index in [-0.39, 0.29) is 6.04 Å². The smallest absolute Gasteiger partial charge is 0.123 e. The molecule has 1 N–H and O–H groups in total. The maximum absolute atomic E-state index is 5.62. The summed E-state index contributed by atoms with van der Waals surface area (Å²) in [5, 5.41) is 3.51. The Morgan fingerprint density at radius 2 is 1.89 bits per heavy atom. The van der Waals surface area contributed by atoms with Crippen LogP contribution in [0.2, 0.25) is 0 Å². The van der Waals surface area contributed by atoms with E-state index in [1.54, 1.807) is 0 Å². The van der Waals surface area contributed by atoms with Gasteiger partial charge in [0.1, 0.15) is 5.75 Å². The number of ether oxygens (including phenoxy) is 1. The Balaban J connectivity index is 1.99. The molecule has 1 aromatic carbocycles. The third-order valence-corrected chi connectivity index (χ3v) is 3.08. The lowest BCUT2D eigenvalue weighted by Crippen LogP contribution is -2.18. The van der Waals surface area contributed by atoms with Crippen molar-refractivity contribution >= 4 is 0 Å². The molecule has 3 heteroatoms. The number of aromatic nitrogens is 1. The Kier molecular flexibility index (Phi) is 4.93. The molecule has 0 aliphatic heterocycles. The molecule has 0 aliphatic carbocycles. The first kappa shape index (κ1) is 13.6. The minimum absolute atomic E-state index is 0.290. The fourth-order valence-electron chi connectivity index (χ4n) is 1.98. The van der Waals surface area contributed by atoms with Crippen LogP contribution in [0.4, 0.5) is 0 Å².